The molecule has 0 bridgehead atoms. The zero-order chi connectivity index (χ0) is 19.2. The molecule has 0 radical (unpaired) electrons. The fraction of sp³-hybridized carbons (Fsp3) is 0.200. The van der Waals surface area contributed by atoms with E-state index < -0.39 is 0 Å². The minimum atomic E-state index is -0.231. The maximum atomic E-state index is 12.6. The first kappa shape index (κ1) is 18.3. The number of rotatable bonds is 6. The van der Waals surface area contributed by atoms with Crippen molar-refractivity contribution >= 4 is 17.5 Å². The van der Waals surface area contributed by atoms with Crippen molar-refractivity contribution < 1.29 is 9.59 Å². The number of nitrogens with zero attached hydrogens (tertiary/aromatic N) is 4. The molecule has 3 rings (SSSR count). The molecule has 0 atom stereocenters. The van der Waals surface area contributed by atoms with E-state index in [1.54, 1.807) is 42.3 Å². The van der Waals surface area contributed by atoms with E-state index in [1.807, 2.05) is 31.2 Å². The number of anilines is 1. The summed E-state index contributed by atoms with van der Waals surface area (Å²) >= 11 is 0. The van der Waals surface area contributed by atoms with Crippen molar-refractivity contribution in [1.82, 2.24) is 19.7 Å². The summed E-state index contributed by atoms with van der Waals surface area (Å²) in [5, 5.41) is 6.92. The highest BCUT2D eigenvalue weighted by molar-refractivity contribution is 5.99. The Hall–Kier alpha value is -3.48. The Kier molecular flexibility index (Phi) is 5.61. The van der Waals surface area contributed by atoms with Crippen molar-refractivity contribution in [3.05, 3.63) is 72.3 Å². The van der Waals surface area contributed by atoms with Gasteiger partial charge in [0.05, 0.1) is 12.2 Å². The first-order valence-corrected chi connectivity index (χ1v) is 8.66. The molecule has 7 heteroatoms. The second-order valence-corrected chi connectivity index (χ2v) is 6.11. The highest BCUT2D eigenvalue weighted by Gasteiger charge is 2.16. The molecule has 1 aromatic heterocycles. The van der Waals surface area contributed by atoms with Gasteiger partial charge in [-0.25, -0.2) is 9.67 Å². The Balaban J connectivity index is 1.62. The first-order valence-electron chi connectivity index (χ1n) is 8.66. The highest BCUT2D eigenvalue weighted by Crippen LogP contribution is 2.15. The SMILES string of the molecule is CCc1ccccc1NC(=O)CN(C)C(=O)c1ccc(-n2cncn2)cc1. The third kappa shape index (κ3) is 4.38. The summed E-state index contributed by atoms with van der Waals surface area (Å²) < 4.78 is 1.61. The number of carbonyl (C=O) groups excluding carboxylic acids is 2. The summed E-state index contributed by atoms with van der Waals surface area (Å²) in [7, 11) is 1.61. The van der Waals surface area contributed by atoms with E-state index in [4.69, 9.17) is 0 Å². The molecule has 27 heavy (non-hydrogen) atoms. The summed E-state index contributed by atoms with van der Waals surface area (Å²) in [5.41, 5.74) is 3.15. The molecule has 1 N–H and O–H groups in total. The Bertz CT molecular complexity index is 920. The molecule has 0 aliphatic carbocycles. The average Bonchev–Trinajstić information content (AvgIpc) is 3.22. The minimum absolute atomic E-state index is 0.0261. The summed E-state index contributed by atoms with van der Waals surface area (Å²) in [4.78, 5) is 30.2. The smallest absolute Gasteiger partial charge is 0.254 e. The van der Waals surface area contributed by atoms with Gasteiger partial charge in [-0.1, -0.05) is 25.1 Å². The number of carbonyl (C=O) groups is 2. The van der Waals surface area contributed by atoms with E-state index in [-0.39, 0.29) is 18.4 Å². The molecule has 0 aliphatic rings. The maximum absolute atomic E-state index is 12.6. The average molecular weight is 363 g/mol. The number of likely N-dealkylation sites (N-methyl/N-ethyl adjacent to an activating group) is 1. The Morgan fingerprint density at radius 1 is 1.11 bits per heavy atom. The monoisotopic (exact) mass is 363 g/mol. The van der Waals surface area contributed by atoms with Gasteiger partial charge in [0.1, 0.15) is 12.7 Å². The molecular formula is C20H21N5O2. The van der Waals surface area contributed by atoms with E-state index in [9.17, 15) is 9.59 Å². The number of benzene rings is 2. The van der Waals surface area contributed by atoms with Gasteiger partial charge in [-0.3, -0.25) is 9.59 Å². The predicted molar refractivity (Wildman–Crippen MR) is 103 cm³/mol. The zero-order valence-electron chi connectivity index (χ0n) is 15.3. The van der Waals surface area contributed by atoms with Crippen LogP contribution in [0.3, 0.4) is 0 Å². The molecule has 2 amide bonds. The van der Waals surface area contributed by atoms with Gasteiger partial charge in [-0.15, -0.1) is 0 Å². The largest absolute Gasteiger partial charge is 0.332 e. The van der Waals surface area contributed by atoms with Gasteiger partial charge in [0.2, 0.25) is 5.91 Å². The van der Waals surface area contributed by atoms with Crippen LogP contribution in [0.5, 0.6) is 0 Å². The molecule has 138 valence electrons. The van der Waals surface area contributed by atoms with Gasteiger partial charge in [0.25, 0.3) is 5.91 Å². The topological polar surface area (TPSA) is 80.1 Å². The van der Waals surface area contributed by atoms with Crippen LogP contribution in [0.4, 0.5) is 5.69 Å². The standard InChI is InChI=1S/C20H21N5O2/c1-3-15-6-4-5-7-18(15)23-19(26)12-24(2)20(27)16-8-10-17(11-9-16)25-14-21-13-22-25/h4-11,13-14H,3,12H2,1-2H3,(H,23,26). The van der Waals surface area contributed by atoms with Crippen molar-refractivity contribution in [3.63, 3.8) is 0 Å². The number of amides is 2. The molecule has 0 saturated heterocycles. The molecule has 2 aromatic carbocycles. The van der Waals surface area contributed by atoms with Crippen LogP contribution in [0.15, 0.2) is 61.2 Å². The molecular weight excluding hydrogens is 342 g/mol. The fourth-order valence-corrected chi connectivity index (χ4v) is 2.75. The Labute approximate surface area is 157 Å². The lowest BCUT2D eigenvalue weighted by molar-refractivity contribution is -0.116. The number of hydrogen-bond acceptors (Lipinski definition) is 4. The fourth-order valence-electron chi connectivity index (χ4n) is 2.75. The molecule has 3 aromatic rings. The molecule has 1 heterocycles. The minimum Gasteiger partial charge on any atom is -0.332 e. The van der Waals surface area contributed by atoms with E-state index in [0.29, 0.717) is 5.56 Å². The summed E-state index contributed by atoms with van der Waals surface area (Å²) in [5.74, 6) is -0.454. The highest BCUT2D eigenvalue weighted by atomic mass is 16.2. The number of para-hydroxylation sites is 1. The van der Waals surface area contributed by atoms with Crippen molar-refractivity contribution in [1.29, 1.82) is 0 Å². The van der Waals surface area contributed by atoms with E-state index in [1.165, 1.54) is 11.2 Å². The third-order valence-electron chi connectivity index (χ3n) is 4.20. The van der Waals surface area contributed by atoms with Gasteiger partial charge in [0.15, 0.2) is 0 Å². The summed E-state index contributed by atoms with van der Waals surface area (Å²) in [6.07, 6.45) is 3.85. The van der Waals surface area contributed by atoms with Crippen molar-refractivity contribution in [3.8, 4) is 5.69 Å². The molecule has 0 unspecified atom stereocenters. The van der Waals surface area contributed by atoms with Crippen molar-refractivity contribution in [2.45, 2.75) is 13.3 Å². The molecule has 0 saturated carbocycles. The van der Waals surface area contributed by atoms with Crippen LogP contribution in [-0.4, -0.2) is 45.1 Å². The van der Waals surface area contributed by atoms with Crippen LogP contribution in [0.1, 0.15) is 22.8 Å². The van der Waals surface area contributed by atoms with E-state index >= 15 is 0 Å². The number of aryl methyl sites for hydroxylation is 1. The Morgan fingerprint density at radius 3 is 2.52 bits per heavy atom. The molecule has 7 nitrogen and oxygen atoms in total. The van der Waals surface area contributed by atoms with Crippen LogP contribution in [-0.2, 0) is 11.2 Å². The second-order valence-electron chi connectivity index (χ2n) is 6.11. The maximum Gasteiger partial charge on any atom is 0.254 e. The van der Waals surface area contributed by atoms with Gasteiger partial charge >= 0.3 is 0 Å². The summed E-state index contributed by atoms with van der Waals surface area (Å²) in [6.45, 7) is 2.01. The zero-order valence-corrected chi connectivity index (χ0v) is 15.3. The van der Waals surface area contributed by atoms with Crippen molar-refractivity contribution in [2.75, 3.05) is 18.9 Å². The molecule has 0 aliphatic heterocycles. The lowest BCUT2D eigenvalue weighted by Crippen LogP contribution is -2.35. The van der Waals surface area contributed by atoms with Gasteiger partial charge in [-0.2, -0.15) is 5.10 Å². The van der Waals surface area contributed by atoms with E-state index in [2.05, 4.69) is 15.4 Å². The number of aromatic nitrogens is 3. The van der Waals surface area contributed by atoms with Crippen LogP contribution < -0.4 is 5.32 Å². The first-order chi connectivity index (χ1) is 13.1. The predicted octanol–water partition coefficient (Wildman–Crippen LogP) is 2.54. The van der Waals surface area contributed by atoms with Gasteiger partial charge in [0, 0.05) is 18.3 Å². The van der Waals surface area contributed by atoms with Crippen molar-refractivity contribution in [2.24, 2.45) is 0 Å². The molecule has 0 spiro atoms. The van der Waals surface area contributed by atoms with Crippen LogP contribution in [0, 0.1) is 0 Å². The lowest BCUT2D eigenvalue weighted by Gasteiger charge is -2.18. The molecule has 0 fully saturated rings. The third-order valence-corrected chi connectivity index (χ3v) is 4.20. The van der Waals surface area contributed by atoms with Gasteiger partial charge < -0.3 is 10.2 Å². The normalized spacial score (nSPS) is 10.4. The van der Waals surface area contributed by atoms with Crippen LogP contribution in [0.25, 0.3) is 5.69 Å². The van der Waals surface area contributed by atoms with Crippen LogP contribution in [0.2, 0.25) is 0 Å². The summed E-state index contributed by atoms with van der Waals surface area (Å²) in [6, 6.07) is 14.6. The van der Waals surface area contributed by atoms with E-state index in [0.717, 1.165) is 23.4 Å². The number of nitrogens with one attached hydrogen (secondary N) is 1. The lowest BCUT2D eigenvalue weighted by atomic mass is 10.1. The Morgan fingerprint density at radius 2 is 1.85 bits per heavy atom. The van der Waals surface area contributed by atoms with Gasteiger partial charge in [-0.05, 0) is 42.3 Å². The van der Waals surface area contributed by atoms with Crippen LogP contribution >= 0.6 is 0 Å². The second kappa shape index (κ2) is 8.27. The number of hydrogen-bond donors (Lipinski definition) is 1. The quantitative estimate of drug-likeness (QED) is 0.730.